The van der Waals surface area contributed by atoms with Crippen LogP contribution in [0.25, 0.3) is 0 Å². The van der Waals surface area contributed by atoms with Crippen molar-refractivity contribution in [1.82, 2.24) is 5.32 Å². The summed E-state index contributed by atoms with van der Waals surface area (Å²) >= 11 is 0. The topological polar surface area (TPSA) is 29.1 Å². The molecule has 23 heavy (non-hydrogen) atoms. The lowest BCUT2D eigenvalue weighted by molar-refractivity contribution is -0.888. The van der Waals surface area contributed by atoms with Crippen molar-refractivity contribution < 1.29 is 9.28 Å². The van der Waals surface area contributed by atoms with Gasteiger partial charge >= 0.3 is 0 Å². The Labute approximate surface area is 147 Å². The highest BCUT2D eigenvalue weighted by molar-refractivity contribution is 5.81. The van der Waals surface area contributed by atoms with E-state index in [0.717, 1.165) is 37.0 Å². The van der Waals surface area contributed by atoms with Gasteiger partial charge in [-0.05, 0) is 18.8 Å². The number of hydrogen-bond donors (Lipinski definition) is 1. The van der Waals surface area contributed by atoms with Gasteiger partial charge in [0.15, 0.2) is 0 Å². The summed E-state index contributed by atoms with van der Waals surface area (Å²) in [6.45, 7) is 23.9. The molecule has 0 bridgehead atoms. The Morgan fingerprint density at radius 3 is 1.74 bits per heavy atom. The third-order valence-corrected chi connectivity index (χ3v) is 3.67. The number of nitrogens with zero attached hydrogens (tertiary/aromatic N) is 1. The van der Waals surface area contributed by atoms with Gasteiger partial charge in [-0.1, -0.05) is 62.3 Å². The van der Waals surface area contributed by atoms with Crippen molar-refractivity contribution in [1.29, 1.82) is 0 Å². The quantitative estimate of drug-likeness (QED) is 0.510. The predicted molar refractivity (Wildman–Crippen MR) is 106 cm³/mol. The minimum absolute atomic E-state index is 0.182. The first kappa shape index (κ1) is 27.3. The van der Waals surface area contributed by atoms with Crippen LogP contribution < -0.4 is 5.32 Å². The number of hydrogen-bond acceptors (Lipinski definition) is 1. The first-order valence-corrected chi connectivity index (χ1v) is 9.50. The van der Waals surface area contributed by atoms with Gasteiger partial charge in [-0.25, -0.2) is 0 Å². The lowest BCUT2D eigenvalue weighted by Gasteiger charge is -2.31. The van der Waals surface area contributed by atoms with Crippen LogP contribution in [0.2, 0.25) is 0 Å². The maximum absolute atomic E-state index is 12.2. The van der Waals surface area contributed by atoms with Crippen LogP contribution in [-0.4, -0.2) is 44.1 Å². The van der Waals surface area contributed by atoms with E-state index in [1.807, 2.05) is 41.5 Å². The average molecular weight is 332 g/mol. The zero-order chi connectivity index (χ0) is 19.3. The van der Waals surface area contributed by atoms with Gasteiger partial charge in [-0.15, -0.1) is 0 Å². The van der Waals surface area contributed by atoms with Crippen LogP contribution in [0.5, 0.6) is 0 Å². The van der Waals surface area contributed by atoms with E-state index in [2.05, 4.69) is 47.1 Å². The van der Waals surface area contributed by atoms with Gasteiger partial charge in [0.2, 0.25) is 5.91 Å². The van der Waals surface area contributed by atoms with Crippen molar-refractivity contribution in [2.24, 2.45) is 10.8 Å². The Kier molecular flexibility index (Phi) is 15.2. The Balaban J connectivity index is -0.000000919. The van der Waals surface area contributed by atoms with E-state index in [9.17, 15) is 4.79 Å². The second-order valence-electron chi connectivity index (χ2n) is 8.21. The fourth-order valence-electron chi connectivity index (χ4n) is 2.51. The van der Waals surface area contributed by atoms with Crippen LogP contribution >= 0.6 is 0 Å². The highest BCUT2D eigenvalue weighted by Crippen LogP contribution is 2.33. The number of nitrogens with one attached hydrogen (secondary N) is 1. The molecule has 0 radical (unpaired) electrons. The fraction of sp³-hybridized carbons (Fsp3) is 0.950. The molecule has 0 rings (SSSR count). The Hall–Kier alpha value is -0.570. The third-order valence-electron chi connectivity index (χ3n) is 3.67. The molecule has 0 heterocycles. The normalized spacial score (nSPS) is 11.7. The second-order valence-corrected chi connectivity index (χ2v) is 8.21. The fourth-order valence-corrected chi connectivity index (χ4v) is 2.51. The van der Waals surface area contributed by atoms with Gasteiger partial charge in [-0.2, -0.15) is 0 Å². The summed E-state index contributed by atoms with van der Waals surface area (Å²) in [6, 6.07) is 0. The molecule has 0 aliphatic heterocycles. The van der Waals surface area contributed by atoms with Crippen LogP contribution in [0.1, 0.15) is 82.1 Å². The number of quaternary nitrogens is 1. The number of carbonyl (C=O) groups excluding carboxylic acids is 1. The van der Waals surface area contributed by atoms with Crippen LogP contribution in [0.15, 0.2) is 0 Å². The minimum Gasteiger partial charge on any atom is -0.355 e. The SMILES string of the molecule is CC.CC.CC[N+](C)(C)CCCNC(=O)C(C)(C)CC(C)(C)C. The van der Waals surface area contributed by atoms with Crippen LogP contribution in [0.3, 0.4) is 0 Å². The molecule has 0 spiro atoms. The van der Waals surface area contributed by atoms with Gasteiger partial charge in [-0.3, -0.25) is 4.79 Å². The molecule has 0 aromatic heterocycles. The lowest BCUT2D eigenvalue weighted by Crippen LogP contribution is -2.43. The number of carbonyl (C=O) groups is 1. The Morgan fingerprint density at radius 1 is 0.957 bits per heavy atom. The van der Waals surface area contributed by atoms with Crippen molar-refractivity contribution in [3.05, 3.63) is 0 Å². The van der Waals surface area contributed by atoms with Crippen molar-refractivity contribution in [3.63, 3.8) is 0 Å². The molecule has 0 saturated heterocycles. The molecule has 0 fully saturated rings. The van der Waals surface area contributed by atoms with Gasteiger partial charge < -0.3 is 9.80 Å². The van der Waals surface area contributed by atoms with Crippen molar-refractivity contribution in [3.8, 4) is 0 Å². The monoisotopic (exact) mass is 331 g/mol. The van der Waals surface area contributed by atoms with Crippen LogP contribution in [-0.2, 0) is 4.79 Å². The summed E-state index contributed by atoms with van der Waals surface area (Å²) in [5, 5.41) is 3.09. The molecule has 0 saturated carbocycles. The van der Waals surface area contributed by atoms with Crippen LogP contribution in [0.4, 0.5) is 0 Å². The first-order valence-electron chi connectivity index (χ1n) is 9.50. The largest absolute Gasteiger partial charge is 0.355 e. The third kappa shape index (κ3) is 16.1. The molecule has 0 aromatic carbocycles. The van der Waals surface area contributed by atoms with Crippen molar-refractivity contribution in [2.75, 3.05) is 33.7 Å². The van der Waals surface area contributed by atoms with E-state index in [0.29, 0.717) is 0 Å². The summed E-state index contributed by atoms with van der Waals surface area (Å²) in [5.41, 5.74) is -0.102. The molecule has 3 nitrogen and oxygen atoms in total. The van der Waals surface area contributed by atoms with Crippen LogP contribution in [0, 0.1) is 10.8 Å². The average Bonchev–Trinajstić information content (AvgIpc) is 2.45. The zero-order valence-electron chi connectivity index (χ0n) is 18.4. The molecular weight excluding hydrogens is 284 g/mol. The van der Waals surface area contributed by atoms with Crippen molar-refractivity contribution >= 4 is 5.91 Å². The van der Waals surface area contributed by atoms with E-state index < -0.39 is 0 Å². The lowest BCUT2D eigenvalue weighted by atomic mass is 9.76. The maximum atomic E-state index is 12.2. The summed E-state index contributed by atoms with van der Waals surface area (Å²) in [7, 11) is 4.46. The van der Waals surface area contributed by atoms with E-state index in [-0.39, 0.29) is 16.7 Å². The molecule has 0 unspecified atom stereocenters. The van der Waals surface area contributed by atoms with E-state index in [1.165, 1.54) is 0 Å². The van der Waals surface area contributed by atoms with E-state index in [4.69, 9.17) is 0 Å². The van der Waals surface area contributed by atoms with Gasteiger partial charge in [0.05, 0.1) is 27.2 Å². The highest BCUT2D eigenvalue weighted by Gasteiger charge is 2.32. The van der Waals surface area contributed by atoms with E-state index in [1.54, 1.807) is 0 Å². The van der Waals surface area contributed by atoms with E-state index >= 15 is 0 Å². The maximum Gasteiger partial charge on any atom is 0.225 e. The van der Waals surface area contributed by atoms with Gasteiger partial charge in [0, 0.05) is 18.4 Å². The second kappa shape index (κ2) is 12.8. The van der Waals surface area contributed by atoms with Gasteiger partial charge in [0.25, 0.3) is 0 Å². The predicted octanol–water partition coefficient (Wildman–Crippen LogP) is 5.10. The van der Waals surface area contributed by atoms with Crippen molar-refractivity contribution in [2.45, 2.75) is 82.1 Å². The molecule has 0 aromatic rings. The summed E-state index contributed by atoms with van der Waals surface area (Å²) in [5.74, 6) is 0.184. The standard InChI is InChI=1S/C16H34N2O.2C2H6/c1-9-18(7,8)12-10-11-17-14(19)16(5,6)13-15(2,3)4;2*1-2/h9-13H2,1-8H3;2*1-2H3/p+1. The number of amides is 1. The summed E-state index contributed by atoms with van der Waals surface area (Å²) in [6.07, 6.45) is 1.94. The molecule has 1 amide bonds. The minimum atomic E-state index is -0.284. The first-order chi connectivity index (χ1) is 10.4. The Morgan fingerprint density at radius 2 is 1.39 bits per heavy atom. The molecule has 142 valence electrons. The molecular formula is C20H47N2O+. The summed E-state index contributed by atoms with van der Waals surface area (Å²) in [4.78, 5) is 12.2. The highest BCUT2D eigenvalue weighted by atomic mass is 16.2. The molecule has 0 atom stereocenters. The number of rotatable bonds is 7. The molecule has 0 aliphatic carbocycles. The molecule has 0 aliphatic rings. The molecule has 3 heteroatoms. The molecule has 1 N–H and O–H groups in total. The van der Waals surface area contributed by atoms with Gasteiger partial charge in [0.1, 0.15) is 0 Å². The smallest absolute Gasteiger partial charge is 0.225 e. The summed E-state index contributed by atoms with van der Waals surface area (Å²) < 4.78 is 1.02. The Bertz CT molecular complexity index is 289. The zero-order valence-corrected chi connectivity index (χ0v) is 18.4.